The Hall–Kier alpha value is -0.980. The lowest BCUT2D eigenvalue weighted by atomic mass is 9.94. The van der Waals surface area contributed by atoms with Crippen LogP contribution in [-0.2, 0) is 10.0 Å². The third-order valence-electron chi connectivity index (χ3n) is 2.90. The normalized spacial score (nSPS) is 12.9. The molecule has 0 spiro atoms. The number of nitrogens with zero attached hydrogens (tertiary/aromatic N) is 2. The molecule has 0 bridgehead atoms. The Kier molecular flexibility index (Phi) is 5.46. The van der Waals surface area contributed by atoms with Crippen LogP contribution in [0.2, 0.25) is 0 Å². The van der Waals surface area contributed by atoms with Crippen LogP contribution >= 0.6 is 0 Å². The first-order valence-electron chi connectivity index (χ1n) is 6.44. The summed E-state index contributed by atoms with van der Waals surface area (Å²) in [6, 6.07) is 3.20. The zero-order valence-electron chi connectivity index (χ0n) is 11.8. The van der Waals surface area contributed by atoms with E-state index in [-0.39, 0.29) is 10.3 Å². The lowest BCUT2D eigenvalue weighted by Crippen LogP contribution is -2.42. The second kappa shape index (κ2) is 6.45. The first kappa shape index (κ1) is 16.1. The van der Waals surface area contributed by atoms with Crippen molar-refractivity contribution in [3.8, 4) is 0 Å². The second-order valence-electron chi connectivity index (χ2n) is 5.40. The highest BCUT2D eigenvalue weighted by Gasteiger charge is 2.29. The van der Waals surface area contributed by atoms with Crippen LogP contribution in [0.15, 0.2) is 29.4 Å². The molecule has 0 aliphatic carbocycles. The summed E-state index contributed by atoms with van der Waals surface area (Å²) in [5, 5.41) is 0. The topological polar surface area (TPSA) is 76.3 Å². The molecule has 5 nitrogen and oxygen atoms in total. The highest BCUT2D eigenvalue weighted by Crippen LogP contribution is 2.21. The number of hydrogen-bond donors (Lipinski definition) is 1. The fourth-order valence-electron chi connectivity index (χ4n) is 1.72. The zero-order chi connectivity index (χ0) is 14.5. The number of nitrogens with two attached hydrogens (primary N) is 1. The Morgan fingerprint density at radius 1 is 1.42 bits per heavy atom. The SMILES string of the molecule is CCCN(CC(C)(C)CN)S(=O)(=O)c1cccnc1. The minimum atomic E-state index is -3.49. The molecule has 0 fully saturated rings. The van der Waals surface area contributed by atoms with Crippen LogP contribution < -0.4 is 5.73 Å². The molecule has 1 rings (SSSR count). The van der Waals surface area contributed by atoms with E-state index in [2.05, 4.69) is 4.98 Å². The van der Waals surface area contributed by atoms with Gasteiger partial charge >= 0.3 is 0 Å². The summed E-state index contributed by atoms with van der Waals surface area (Å²) < 4.78 is 26.6. The van der Waals surface area contributed by atoms with Gasteiger partial charge < -0.3 is 5.73 Å². The van der Waals surface area contributed by atoms with Crippen LogP contribution in [0.3, 0.4) is 0 Å². The van der Waals surface area contributed by atoms with Gasteiger partial charge in [0.25, 0.3) is 0 Å². The van der Waals surface area contributed by atoms with Crippen molar-refractivity contribution in [2.45, 2.75) is 32.1 Å². The molecule has 0 saturated carbocycles. The van der Waals surface area contributed by atoms with E-state index in [9.17, 15) is 8.42 Å². The van der Waals surface area contributed by atoms with Gasteiger partial charge in [-0.3, -0.25) is 4.98 Å². The number of pyridine rings is 1. The number of rotatable bonds is 7. The van der Waals surface area contributed by atoms with E-state index in [0.29, 0.717) is 19.6 Å². The molecular weight excluding hydrogens is 262 g/mol. The number of sulfonamides is 1. The van der Waals surface area contributed by atoms with E-state index < -0.39 is 10.0 Å². The first-order chi connectivity index (χ1) is 8.83. The number of aromatic nitrogens is 1. The maximum Gasteiger partial charge on any atom is 0.244 e. The molecule has 1 heterocycles. The van der Waals surface area contributed by atoms with E-state index in [1.54, 1.807) is 18.3 Å². The zero-order valence-corrected chi connectivity index (χ0v) is 12.7. The third kappa shape index (κ3) is 4.26. The van der Waals surface area contributed by atoms with Crippen LogP contribution in [0, 0.1) is 5.41 Å². The molecule has 1 aromatic rings. The molecule has 2 N–H and O–H groups in total. The highest BCUT2D eigenvalue weighted by molar-refractivity contribution is 7.89. The van der Waals surface area contributed by atoms with Gasteiger partial charge in [0.05, 0.1) is 0 Å². The van der Waals surface area contributed by atoms with Crippen molar-refractivity contribution in [3.05, 3.63) is 24.5 Å². The van der Waals surface area contributed by atoms with Gasteiger partial charge in [0, 0.05) is 25.5 Å². The predicted octanol–water partition coefficient (Wildman–Crippen LogP) is 1.47. The molecule has 0 aliphatic heterocycles. The van der Waals surface area contributed by atoms with Crippen molar-refractivity contribution in [1.29, 1.82) is 0 Å². The first-order valence-corrected chi connectivity index (χ1v) is 7.88. The molecule has 0 aliphatic rings. The largest absolute Gasteiger partial charge is 0.330 e. The molecule has 0 atom stereocenters. The quantitative estimate of drug-likeness (QED) is 0.823. The summed E-state index contributed by atoms with van der Waals surface area (Å²) in [4.78, 5) is 4.11. The Labute approximate surface area is 115 Å². The van der Waals surface area contributed by atoms with Gasteiger partial charge in [-0.25, -0.2) is 8.42 Å². The van der Waals surface area contributed by atoms with E-state index in [4.69, 9.17) is 5.73 Å². The Balaban J connectivity index is 3.05. The van der Waals surface area contributed by atoms with Crippen molar-refractivity contribution in [2.75, 3.05) is 19.6 Å². The van der Waals surface area contributed by atoms with Crippen LogP contribution in [0.5, 0.6) is 0 Å². The van der Waals surface area contributed by atoms with Crippen LogP contribution in [-0.4, -0.2) is 37.3 Å². The molecule has 108 valence electrons. The van der Waals surface area contributed by atoms with Crippen LogP contribution in [0.4, 0.5) is 0 Å². The summed E-state index contributed by atoms with van der Waals surface area (Å²) in [6.07, 6.45) is 3.71. The maximum absolute atomic E-state index is 12.6. The molecular formula is C13H23N3O2S. The van der Waals surface area contributed by atoms with E-state index >= 15 is 0 Å². The van der Waals surface area contributed by atoms with Crippen molar-refractivity contribution in [1.82, 2.24) is 9.29 Å². The summed E-state index contributed by atoms with van der Waals surface area (Å²) in [7, 11) is -3.49. The van der Waals surface area contributed by atoms with Crippen LogP contribution in [0.25, 0.3) is 0 Å². The Morgan fingerprint density at radius 2 is 2.11 bits per heavy atom. The van der Waals surface area contributed by atoms with Gasteiger partial charge in [-0.1, -0.05) is 20.8 Å². The van der Waals surface area contributed by atoms with E-state index in [1.165, 1.54) is 10.5 Å². The smallest absolute Gasteiger partial charge is 0.244 e. The average Bonchev–Trinajstić information content (AvgIpc) is 2.39. The molecule has 0 aromatic carbocycles. The van der Waals surface area contributed by atoms with Gasteiger partial charge in [0.1, 0.15) is 4.90 Å². The lowest BCUT2D eigenvalue weighted by molar-refractivity contribution is 0.266. The molecule has 19 heavy (non-hydrogen) atoms. The molecule has 0 radical (unpaired) electrons. The standard InChI is InChI=1S/C13H23N3O2S/c1-4-8-16(11-13(2,3)10-14)19(17,18)12-6-5-7-15-9-12/h5-7,9H,4,8,10-11,14H2,1-3H3. The van der Waals surface area contributed by atoms with Gasteiger partial charge in [0.15, 0.2) is 0 Å². The van der Waals surface area contributed by atoms with Gasteiger partial charge in [-0.15, -0.1) is 0 Å². The minimum absolute atomic E-state index is 0.233. The minimum Gasteiger partial charge on any atom is -0.330 e. The maximum atomic E-state index is 12.6. The number of hydrogen-bond acceptors (Lipinski definition) is 4. The summed E-state index contributed by atoms with van der Waals surface area (Å²) in [5.41, 5.74) is 5.45. The van der Waals surface area contributed by atoms with Crippen LogP contribution in [0.1, 0.15) is 27.2 Å². The van der Waals surface area contributed by atoms with Crippen molar-refractivity contribution in [2.24, 2.45) is 11.1 Å². The Morgan fingerprint density at radius 3 is 2.58 bits per heavy atom. The fraction of sp³-hybridized carbons (Fsp3) is 0.615. The van der Waals surface area contributed by atoms with E-state index in [0.717, 1.165) is 6.42 Å². The molecule has 0 amide bonds. The molecule has 6 heteroatoms. The summed E-state index contributed by atoms with van der Waals surface area (Å²) in [6.45, 7) is 7.23. The van der Waals surface area contributed by atoms with Crippen molar-refractivity contribution in [3.63, 3.8) is 0 Å². The predicted molar refractivity (Wildman–Crippen MR) is 76.1 cm³/mol. The van der Waals surface area contributed by atoms with Gasteiger partial charge in [-0.2, -0.15) is 4.31 Å². The van der Waals surface area contributed by atoms with Gasteiger partial charge in [-0.05, 0) is 30.5 Å². The fourth-order valence-corrected chi connectivity index (χ4v) is 3.41. The van der Waals surface area contributed by atoms with E-state index in [1.807, 2.05) is 20.8 Å². The van der Waals surface area contributed by atoms with Crippen molar-refractivity contribution >= 4 is 10.0 Å². The monoisotopic (exact) mass is 285 g/mol. The summed E-state index contributed by atoms with van der Waals surface area (Å²) >= 11 is 0. The second-order valence-corrected chi connectivity index (χ2v) is 7.33. The average molecular weight is 285 g/mol. The third-order valence-corrected chi connectivity index (χ3v) is 4.73. The molecule has 0 unspecified atom stereocenters. The lowest BCUT2D eigenvalue weighted by Gasteiger charge is -2.30. The van der Waals surface area contributed by atoms with Gasteiger partial charge in [0.2, 0.25) is 10.0 Å². The summed E-state index contributed by atoms with van der Waals surface area (Å²) in [5.74, 6) is 0. The Bertz CT molecular complexity index is 486. The van der Waals surface area contributed by atoms with Crippen molar-refractivity contribution < 1.29 is 8.42 Å². The molecule has 1 aromatic heterocycles. The molecule has 0 saturated heterocycles. The highest BCUT2D eigenvalue weighted by atomic mass is 32.2.